The number of fused-ring (bicyclic) bond motifs is 1. The molecule has 3 amide bonds. The van der Waals surface area contributed by atoms with E-state index in [2.05, 4.69) is 11.8 Å². The fourth-order valence-electron chi connectivity index (χ4n) is 3.40. The number of carbonyl (C=O) groups excluding carboxylic acids is 2. The van der Waals surface area contributed by atoms with E-state index in [9.17, 15) is 14.4 Å². The Hall–Kier alpha value is -3.21. The average molecular weight is 399 g/mol. The summed E-state index contributed by atoms with van der Waals surface area (Å²) in [5.74, 6) is 4.95. The monoisotopic (exact) mass is 399 g/mol. The molecule has 0 aliphatic carbocycles. The molecule has 0 spiro atoms. The molecule has 0 radical (unpaired) electrons. The van der Waals surface area contributed by atoms with Crippen molar-refractivity contribution in [3.05, 3.63) is 35.4 Å². The van der Waals surface area contributed by atoms with E-state index in [0.29, 0.717) is 38.3 Å². The molecule has 2 aliphatic rings. The molecular weight excluding hydrogens is 374 g/mol. The molecule has 0 aromatic heterocycles. The Morgan fingerprint density at radius 3 is 2.66 bits per heavy atom. The summed E-state index contributed by atoms with van der Waals surface area (Å²) in [6, 6.07) is 6.18. The third kappa shape index (κ3) is 4.99. The van der Waals surface area contributed by atoms with Crippen molar-refractivity contribution in [1.82, 2.24) is 14.7 Å². The van der Waals surface area contributed by atoms with Crippen LogP contribution in [0.25, 0.3) is 0 Å². The Morgan fingerprint density at radius 2 is 1.97 bits per heavy atom. The van der Waals surface area contributed by atoms with Crippen molar-refractivity contribution in [2.45, 2.75) is 25.8 Å². The summed E-state index contributed by atoms with van der Waals surface area (Å²) in [5.41, 5.74) is 0.903. The molecular formula is C21H25N3O5. The number of carbonyl (C=O) groups is 3. The molecule has 29 heavy (non-hydrogen) atoms. The Bertz CT molecular complexity index is 827. The van der Waals surface area contributed by atoms with Gasteiger partial charge >= 0.3 is 18.1 Å². The van der Waals surface area contributed by atoms with Gasteiger partial charge in [0, 0.05) is 31.7 Å². The number of piperazine rings is 1. The predicted molar refractivity (Wildman–Crippen MR) is 106 cm³/mol. The lowest BCUT2D eigenvalue weighted by molar-refractivity contribution is 0.0695. The molecule has 8 heteroatoms. The lowest BCUT2D eigenvalue weighted by Gasteiger charge is -2.35. The SMILES string of the molecule is CCCCOC(=O)N1CCN2C(=O)N(CC#Cc3ccc(C(=O)O)cc3)C[C@@H]2C1. The Balaban J connectivity index is 1.53. The van der Waals surface area contributed by atoms with Crippen LogP contribution in [0.15, 0.2) is 24.3 Å². The number of nitrogens with zero attached hydrogens (tertiary/aromatic N) is 3. The average Bonchev–Trinajstić information content (AvgIpc) is 3.03. The summed E-state index contributed by atoms with van der Waals surface area (Å²) < 4.78 is 5.27. The molecule has 0 bridgehead atoms. The van der Waals surface area contributed by atoms with E-state index in [1.54, 1.807) is 26.8 Å². The van der Waals surface area contributed by atoms with Gasteiger partial charge < -0.3 is 24.5 Å². The van der Waals surface area contributed by atoms with E-state index in [-0.39, 0.29) is 30.3 Å². The molecule has 1 aromatic carbocycles. The van der Waals surface area contributed by atoms with Crippen molar-refractivity contribution >= 4 is 18.1 Å². The molecule has 2 saturated heterocycles. The zero-order chi connectivity index (χ0) is 20.8. The van der Waals surface area contributed by atoms with Crippen molar-refractivity contribution in [1.29, 1.82) is 0 Å². The van der Waals surface area contributed by atoms with Gasteiger partial charge in [-0.15, -0.1) is 0 Å². The summed E-state index contributed by atoms with van der Waals surface area (Å²) in [6.45, 7) is 4.71. The first-order valence-corrected chi connectivity index (χ1v) is 9.79. The third-order valence-electron chi connectivity index (χ3n) is 5.05. The van der Waals surface area contributed by atoms with Crippen molar-refractivity contribution in [2.24, 2.45) is 0 Å². The zero-order valence-electron chi connectivity index (χ0n) is 16.5. The molecule has 8 nitrogen and oxygen atoms in total. The number of hydrogen-bond donors (Lipinski definition) is 1. The molecule has 1 aromatic rings. The second kappa shape index (κ2) is 9.32. The van der Waals surface area contributed by atoms with Crippen LogP contribution >= 0.6 is 0 Å². The maximum absolute atomic E-state index is 12.6. The number of ether oxygens (including phenoxy) is 1. The van der Waals surface area contributed by atoms with Gasteiger partial charge in [0.05, 0.1) is 24.8 Å². The maximum Gasteiger partial charge on any atom is 0.409 e. The normalized spacial score (nSPS) is 18.2. The quantitative estimate of drug-likeness (QED) is 0.605. The molecule has 0 unspecified atom stereocenters. The first-order valence-electron chi connectivity index (χ1n) is 9.79. The number of rotatable bonds is 5. The number of benzene rings is 1. The minimum absolute atomic E-state index is 0.0494. The van der Waals surface area contributed by atoms with Crippen LogP contribution in [0.4, 0.5) is 9.59 Å². The number of carboxylic acid groups (broad SMARTS) is 1. The zero-order valence-corrected chi connectivity index (χ0v) is 16.5. The Kier molecular flexibility index (Phi) is 6.60. The lowest BCUT2D eigenvalue weighted by atomic mass is 10.1. The summed E-state index contributed by atoms with van der Waals surface area (Å²) in [7, 11) is 0. The van der Waals surface area contributed by atoms with Crippen LogP contribution < -0.4 is 0 Å². The van der Waals surface area contributed by atoms with Crippen molar-refractivity contribution in [3.63, 3.8) is 0 Å². The summed E-state index contributed by atoms with van der Waals surface area (Å²) in [4.78, 5) is 40.7. The summed E-state index contributed by atoms with van der Waals surface area (Å²) in [6.07, 6.45) is 1.50. The minimum atomic E-state index is -0.980. The molecule has 1 N–H and O–H groups in total. The molecule has 0 saturated carbocycles. The van der Waals surface area contributed by atoms with E-state index in [4.69, 9.17) is 9.84 Å². The van der Waals surface area contributed by atoms with Gasteiger partial charge in [-0.05, 0) is 30.7 Å². The maximum atomic E-state index is 12.6. The highest BCUT2D eigenvalue weighted by molar-refractivity contribution is 5.87. The Labute approximate surface area is 170 Å². The van der Waals surface area contributed by atoms with E-state index in [0.717, 1.165) is 12.8 Å². The van der Waals surface area contributed by atoms with Crippen LogP contribution in [0.2, 0.25) is 0 Å². The van der Waals surface area contributed by atoms with Crippen molar-refractivity contribution in [2.75, 3.05) is 39.3 Å². The molecule has 2 heterocycles. The number of unbranched alkanes of at least 4 members (excludes halogenated alkanes) is 1. The molecule has 1 atom stereocenters. The first-order chi connectivity index (χ1) is 14.0. The first kappa shape index (κ1) is 20.5. The van der Waals surface area contributed by atoms with Gasteiger partial charge in [0.1, 0.15) is 0 Å². The van der Waals surface area contributed by atoms with Crippen LogP contribution in [-0.2, 0) is 4.74 Å². The van der Waals surface area contributed by atoms with Crippen LogP contribution in [-0.4, -0.2) is 83.3 Å². The van der Waals surface area contributed by atoms with Gasteiger partial charge in [0.15, 0.2) is 0 Å². The van der Waals surface area contributed by atoms with E-state index >= 15 is 0 Å². The lowest BCUT2D eigenvalue weighted by Crippen LogP contribution is -2.53. The Morgan fingerprint density at radius 1 is 1.21 bits per heavy atom. The number of urea groups is 1. The van der Waals surface area contributed by atoms with Crippen LogP contribution in [0.5, 0.6) is 0 Å². The van der Waals surface area contributed by atoms with Gasteiger partial charge in [0.25, 0.3) is 0 Å². The number of aromatic carboxylic acids is 1. The fraction of sp³-hybridized carbons (Fsp3) is 0.476. The number of hydrogen-bond acceptors (Lipinski definition) is 4. The van der Waals surface area contributed by atoms with Crippen molar-refractivity contribution < 1.29 is 24.2 Å². The summed E-state index contributed by atoms with van der Waals surface area (Å²) >= 11 is 0. The van der Waals surface area contributed by atoms with Gasteiger partial charge in [0.2, 0.25) is 0 Å². The molecule has 2 aliphatic heterocycles. The van der Waals surface area contributed by atoms with E-state index < -0.39 is 5.97 Å². The highest BCUT2D eigenvalue weighted by Crippen LogP contribution is 2.20. The van der Waals surface area contributed by atoms with Crippen LogP contribution in [0, 0.1) is 11.8 Å². The van der Waals surface area contributed by atoms with E-state index in [1.807, 2.05) is 6.92 Å². The topological polar surface area (TPSA) is 90.4 Å². The summed E-state index contributed by atoms with van der Waals surface area (Å²) in [5, 5.41) is 8.92. The van der Waals surface area contributed by atoms with Crippen LogP contribution in [0.1, 0.15) is 35.7 Å². The van der Waals surface area contributed by atoms with Gasteiger partial charge in [-0.2, -0.15) is 0 Å². The number of carboxylic acids is 1. The fourth-order valence-corrected chi connectivity index (χ4v) is 3.40. The van der Waals surface area contributed by atoms with Crippen molar-refractivity contribution in [3.8, 4) is 11.8 Å². The van der Waals surface area contributed by atoms with Gasteiger partial charge in [-0.25, -0.2) is 14.4 Å². The smallest absolute Gasteiger partial charge is 0.409 e. The second-order valence-corrected chi connectivity index (χ2v) is 7.11. The predicted octanol–water partition coefficient (Wildman–Crippen LogP) is 2.09. The molecule has 3 rings (SSSR count). The van der Waals surface area contributed by atoms with Gasteiger partial charge in [-0.1, -0.05) is 25.2 Å². The standard InChI is InChI=1S/C21H25N3O5/c1-2-3-13-29-21(28)23-11-12-24-18(15-23)14-22(20(24)27)10-4-5-16-6-8-17(9-7-16)19(25)26/h6-9,18H,2-3,10-15H2,1H3,(H,25,26)/t18-/m1/s1. The number of amides is 3. The molecule has 154 valence electrons. The highest BCUT2D eigenvalue weighted by Gasteiger charge is 2.41. The highest BCUT2D eigenvalue weighted by atomic mass is 16.6. The van der Waals surface area contributed by atoms with Gasteiger partial charge in [-0.3, -0.25) is 0 Å². The van der Waals surface area contributed by atoms with Crippen LogP contribution in [0.3, 0.4) is 0 Å². The third-order valence-corrected chi connectivity index (χ3v) is 5.05. The minimum Gasteiger partial charge on any atom is -0.478 e. The second-order valence-electron chi connectivity index (χ2n) is 7.11. The largest absolute Gasteiger partial charge is 0.478 e. The molecule has 2 fully saturated rings. The van der Waals surface area contributed by atoms with E-state index in [1.165, 1.54) is 12.1 Å².